The number of thiophene rings is 1. The first kappa shape index (κ1) is 19.1. The largest absolute Gasteiger partial charge is 0.488 e. The van der Waals surface area contributed by atoms with Gasteiger partial charge in [-0.05, 0) is 55.8 Å². The summed E-state index contributed by atoms with van der Waals surface area (Å²) in [6.45, 7) is 5.64. The third-order valence-electron chi connectivity index (χ3n) is 6.22. The molecule has 0 saturated carbocycles. The van der Waals surface area contributed by atoms with Crippen molar-refractivity contribution in [2.45, 2.75) is 27.0 Å². The molecule has 1 N–H and O–H groups in total. The van der Waals surface area contributed by atoms with E-state index in [1.54, 1.807) is 0 Å². The van der Waals surface area contributed by atoms with E-state index in [2.05, 4.69) is 66.2 Å². The average molecular weight is 439 g/mol. The summed E-state index contributed by atoms with van der Waals surface area (Å²) in [5, 5.41) is 5.47. The van der Waals surface area contributed by atoms with Gasteiger partial charge in [0.1, 0.15) is 12.4 Å². The van der Waals surface area contributed by atoms with Crippen molar-refractivity contribution in [2.75, 3.05) is 5.32 Å². The number of carbonyl (C=O) groups excluding carboxylic acids is 1. The summed E-state index contributed by atoms with van der Waals surface area (Å²) in [5.41, 5.74) is 6.54. The van der Waals surface area contributed by atoms with Gasteiger partial charge in [0.2, 0.25) is 0 Å². The Hall–Kier alpha value is -3.57. The van der Waals surface area contributed by atoms with Gasteiger partial charge in [-0.15, -0.1) is 11.3 Å². The molecule has 0 aliphatic carbocycles. The molecule has 1 aliphatic rings. The van der Waals surface area contributed by atoms with Crippen LogP contribution < -0.4 is 10.1 Å². The predicted octanol–water partition coefficient (Wildman–Crippen LogP) is 7.00. The molecule has 3 aromatic carbocycles. The van der Waals surface area contributed by atoms with E-state index in [0.717, 1.165) is 44.9 Å². The lowest BCUT2D eigenvalue weighted by Gasteiger charge is -2.19. The highest BCUT2D eigenvalue weighted by molar-refractivity contribution is 7.17. The van der Waals surface area contributed by atoms with Crippen molar-refractivity contribution in [1.29, 1.82) is 0 Å². The van der Waals surface area contributed by atoms with Crippen LogP contribution in [0.2, 0.25) is 0 Å². The molecular weight excluding hydrogens is 416 g/mol. The van der Waals surface area contributed by atoms with Crippen molar-refractivity contribution >= 4 is 44.7 Å². The van der Waals surface area contributed by atoms with E-state index in [0.29, 0.717) is 11.5 Å². The van der Waals surface area contributed by atoms with Crippen LogP contribution in [0.3, 0.4) is 0 Å². The van der Waals surface area contributed by atoms with Crippen LogP contribution in [-0.4, -0.2) is 10.5 Å². The zero-order valence-electron chi connectivity index (χ0n) is 17.9. The Morgan fingerprint density at radius 1 is 1.03 bits per heavy atom. The van der Waals surface area contributed by atoms with Gasteiger partial charge in [0, 0.05) is 50.0 Å². The second kappa shape index (κ2) is 7.24. The van der Waals surface area contributed by atoms with Gasteiger partial charge in [-0.3, -0.25) is 4.79 Å². The van der Waals surface area contributed by atoms with Crippen LogP contribution in [0.15, 0.2) is 66.7 Å². The number of ether oxygens (including phenoxy) is 1. The topological polar surface area (TPSA) is 43.3 Å². The minimum absolute atomic E-state index is 0.0851. The van der Waals surface area contributed by atoms with Crippen LogP contribution in [0.5, 0.6) is 5.75 Å². The molecule has 6 rings (SSSR count). The molecule has 0 bridgehead atoms. The molecule has 0 fully saturated rings. The number of benzene rings is 3. The Labute approximate surface area is 190 Å². The highest BCUT2D eigenvalue weighted by Gasteiger charge is 2.24. The molecule has 0 saturated heterocycles. The van der Waals surface area contributed by atoms with Crippen LogP contribution >= 0.6 is 11.3 Å². The fraction of sp³-hybridized carbons (Fsp3) is 0.148. The lowest BCUT2D eigenvalue weighted by atomic mass is 10.0. The fourth-order valence-electron chi connectivity index (χ4n) is 4.73. The minimum Gasteiger partial charge on any atom is -0.488 e. The summed E-state index contributed by atoms with van der Waals surface area (Å²) in [4.78, 5) is 15.0. The first-order chi connectivity index (χ1) is 15.6. The molecule has 0 radical (unpaired) electrons. The van der Waals surface area contributed by atoms with E-state index >= 15 is 0 Å². The van der Waals surface area contributed by atoms with E-state index in [-0.39, 0.29) is 5.91 Å². The summed E-state index contributed by atoms with van der Waals surface area (Å²) in [5.74, 6) is 0.808. The maximum atomic E-state index is 13.1. The quantitative estimate of drug-likeness (QED) is 0.330. The van der Waals surface area contributed by atoms with Gasteiger partial charge in [0.05, 0.1) is 4.88 Å². The molecule has 4 nitrogen and oxygen atoms in total. The molecule has 5 heteroatoms. The van der Waals surface area contributed by atoms with Gasteiger partial charge in [0.25, 0.3) is 5.91 Å². The number of hydrogen-bond donors (Lipinski definition) is 1. The van der Waals surface area contributed by atoms with Crippen LogP contribution in [0.25, 0.3) is 32.2 Å². The van der Waals surface area contributed by atoms with Gasteiger partial charge >= 0.3 is 0 Å². The number of fused-ring (bicyclic) bond motifs is 6. The first-order valence-corrected chi connectivity index (χ1v) is 11.6. The Morgan fingerprint density at radius 2 is 1.88 bits per heavy atom. The third-order valence-corrected chi connectivity index (χ3v) is 7.42. The summed E-state index contributed by atoms with van der Waals surface area (Å²) in [6, 6.07) is 22.6. The Balaban J connectivity index is 1.36. The van der Waals surface area contributed by atoms with E-state index in [1.807, 2.05) is 24.3 Å². The second-order valence-corrected chi connectivity index (χ2v) is 9.20. The maximum Gasteiger partial charge on any atom is 0.265 e. The molecule has 0 unspecified atom stereocenters. The van der Waals surface area contributed by atoms with Crippen molar-refractivity contribution in [3.05, 3.63) is 82.7 Å². The standard InChI is InChI=1S/C27H22N2O2S/c1-3-29-21-9-5-4-8-19(21)20-14-18(11-12-22(20)29)28-27(30)24-13-17-15-31-23-10-6-7-16(2)25(23)26(17)32-24/h4-14H,3,15H2,1-2H3,(H,28,30). The zero-order valence-corrected chi connectivity index (χ0v) is 18.8. The first-order valence-electron chi connectivity index (χ1n) is 10.8. The van der Waals surface area contributed by atoms with Crippen LogP contribution in [0.4, 0.5) is 5.69 Å². The molecule has 2 aromatic heterocycles. The molecule has 1 aliphatic heterocycles. The number of aryl methyl sites for hydroxylation is 2. The number of rotatable bonds is 3. The lowest BCUT2D eigenvalue weighted by Crippen LogP contribution is -2.10. The van der Waals surface area contributed by atoms with E-state index in [4.69, 9.17) is 4.74 Å². The normalized spacial score (nSPS) is 12.4. The number of para-hydroxylation sites is 1. The van der Waals surface area contributed by atoms with Crippen molar-refractivity contribution in [3.8, 4) is 16.2 Å². The maximum absolute atomic E-state index is 13.1. The Morgan fingerprint density at radius 3 is 2.75 bits per heavy atom. The molecule has 0 spiro atoms. The Bertz CT molecular complexity index is 1530. The number of nitrogens with zero attached hydrogens (tertiary/aromatic N) is 1. The predicted molar refractivity (Wildman–Crippen MR) is 132 cm³/mol. The molecule has 5 aromatic rings. The number of hydrogen-bond acceptors (Lipinski definition) is 3. The SMILES string of the molecule is CCn1c2ccccc2c2cc(NC(=O)c3cc4c(s3)-c3c(C)cccc3OC4)ccc21. The van der Waals surface area contributed by atoms with Crippen LogP contribution in [0, 0.1) is 6.92 Å². The summed E-state index contributed by atoms with van der Waals surface area (Å²) < 4.78 is 8.23. The molecule has 158 valence electrons. The van der Waals surface area contributed by atoms with Crippen molar-refractivity contribution in [1.82, 2.24) is 4.57 Å². The summed E-state index contributed by atoms with van der Waals surface area (Å²) in [6.07, 6.45) is 0. The molecule has 1 amide bonds. The van der Waals surface area contributed by atoms with Crippen LogP contribution in [0.1, 0.15) is 27.7 Å². The van der Waals surface area contributed by atoms with E-state index < -0.39 is 0 Å². The van der Waals surface area contributed by atoms with Gasteiger partial charge in [0.15, 0.2) is 0 Å². The number of carbonyl (C=O) groups is 1. The monoisotopic (exact) mass is 438 g/mol. The lowest BCUT2D eigenvalue weighted by molar-refractivity contribution is 0.103. The fourth-order valence-corrected chi connectivity index (χ4v) is 5.91. The van der Waals surface area contributed by atoms with Gasteiger partial charge < -0.3 is 14.6 Å². The van der Waals surface area contributed by atoms with Gasteiger partial charge in [-0.25, -0.2) is 0 Å². The zero-order chi connectivity index (χ0) is 21.8. The highest BCUT2D eigenvalue weighted by Crippen LogP contribution is 2.44. The van der Waals surface area contributed by atoms with Crippen molar-refractivity contribution in [3.63, 3.8) is 0 Å². The smallest absolute Gasteiger partial charge is 0.265 e. The van der Waals surface area contributed by atoms with Crippen molar-refractivity contribution in [2.24, 2.45) is 0 Å². The highest BCUT2D eigenvalue weighted by atomic mass is 32.1. The molecule has 32 heavy (non-hydrogen) atoms. The van der Waals surface area contributed by atoms with Crippen molar-refractivity contribution < 1.29 is 9.53 Å². The average Bonchev–Trinajstić information content (AvgIpc) is 3.38. The van der Waals surface area contributed by atoms with Crippen LogP contribution in [-0.2, 0) is 13.2 Å². The number of nitrogens with one attached hydrogen (secondary N) is 1. The molecule has 3 heterocycles. The van der Waals surface area contributed by atoms with E-state index in [9.17, 15) is 4.79 Å². The van der Waals surface area contributed by atoms with Gasteiger partial charge in [-0.1, -0.05) is 30.3 Å². The summed E-state index contributed by atoms with van der Waals surface area (Å²) in [7, 11) is 0. The summed E-state index contributed by atoms with van der Waals surface area (Å²) >= 11 is 1.54. The molecule has 0 atom stereocenters. The minimum atomic E-state index is -0.0851. The van der Waals surface area contributed by atoms with Gasteiger partial charge in [-0.2, -0.15) is 0 Å². The molecular formula is C27H22N2O2S. The Kier molecular flexibility index (Phi) is 4.33. The number of aromatic nitrogens is 1. The third kappa shape index (κ3) is 2.85. The van der Waals surface area contributed by atoms with E-state index in [1.165, 1.54) is 27.8 Å². The number of amides is 1. The number of anilines is 1. The second-order valence-electron chi connectivity index (χ2n) is 8.15.